The number of hydrogen-bond acceptors (Lipinski definition) is 2. The van der Waals surface area contributed by atoms with Gasteiger partial charge in [-0.3, -0.25) is 0 Å². The maximum Gasteiger partial charge on any atom is 0.160 e. The van der Waals surface area contributed by atoms with Crippen molar-refractivity contribution in [2.24, 2.45) is 0 Å². The molecule has 2 nitrogen and oxygen atoms in total. The lowest BCUT2D eigenvalue weighted by molar-refractivity contribution is 0.373. The third kappa shape index (κ3) is 2.95. The first kappa shape index (κ1) is 10.9. The van der Waals surface area contributed by atoms with Crippen LogP contribution in [-0.4, -0.2) is 12.2 Å². The van der Waals surface area contributed by atoms with Gasteiger partial charge >= 0.3 is 0 Å². The molecule has 1 aromatic carbocycles. The Balaban J connectivity index is 2.60. The van der Waals surface area contributed by atoms with Crippen molar-refractivity contribution in [3.63, 3.8) is 0 Å². The summed E-state index contributed by atoms with van der Waals surface area (Å²) < 4.78 is 5.04. The highest BCUT2D eigenvalue weighted by atomic mass is 16.5. The SMILES string of the molecule is CCCCCc1ccc(O)c(OC)c1. The molecule has 2 heteroatoms. The molecule has 78 valence electrons. The van der Waals surface area contributed by atoms with E-state index in [2.05, 4.69) is 6.92 Å². The van der Waals surface area contributed by atoms with E-state index in [1.807, 2.05) is 12.1 Å². The Morgan fingerprint density at radius 2 is 2.07 bits per heavy atom. The topological polar surface area (TPSA) is 29.5 Å². The van der Waals surface area contributed by atoms with Crippen LogP contribution in [0.3, 0.4) is 0 Å². The number of aryl methyl sites for hydroxylation is 1. The monoisotopic (exact) mass is 194 g/mol. The molecule has 0 radical (unpaired) electrons. The summed E-state index contributed by atoms with van der Waals surface area (Å²) in [5.41, 5.74) is 1.23. The van der Waals surface area contributed by atoms with Crippen LogP contribution in [0.25, 0.3) is 0 Å². The summed E-state index contributed by atoms with van der Waals surface area (Å²) >= 11 is 0. The summed E-state index contributed by atoms with van der Waals surface area (Å²) in [5.74, 6) is 0.783. The van der Waals surface area contributed by atoms with Crippen LogP contribution in [0.2, 0.25) is 0 Å². The molecule has 0 aliphatic carbocycles. The van der Waals surface area contributed by atoms with Crippen LogP contribution in [0.15, 0.2) is 18.2 Å². The molecule has 0 aromatic heterocycles. The number of aromatic hydroxyl groups is 1. The number of ether oxygens (including phenoxy) is 1. The Labute approximate surface area is 85.5 Å². The molecule has 0 bridgehead atoms. The van der Waals surface area contributed by atoms with Gasteiger partial charge in [0, 0.05) is 0 Å². The first-order valence-corrected chi connectivity index (χ1v) is 5.13. The van der Waals surface area contributed by atoms with Crippen molar-refractivity contribution in [2.75, 3.05) is 7.11 Å². The van der Waals surface area contributed by atoms with Crippen LogP contribution in [0, 0.1) is 0 Å². The Hall–Kier alpha value is -1.18. The minimum absolute atomic E-state index is 0.215. The van der Waals surface area contributed by atoms with Crippen molar-refractivity contribution in [1.29, 1.82) is 0 Å². The van der Waals surface area contributed by atoms with E-state index < -0.39 is 0 Å². The van der Waals surface area contributed by atoms with E-state index in [1.54, 1.807) is 13.2 Å². The highest BCUT2D eigenvalue weighted by molar-refractivity contribution is 5.41. The van der Waals surface area contributed by atoms with Gasteiger partial charge in [-0.05, 0) is 30.5 Å². The van der Waals surface area contributed by atoms with Crippen molar-refractivity contribution < 1.29 is 9.84 Å². The normalized spacial score (nSPS) is 10.1. The van der Waals surface area contributed by atoms with Crippen molar-refractivity contribution in [3.8, 4) is 11.5 Å². The lowest BCUT2D eigenvalue weighted by Gasteiger charge is -2.06. The second kappa shape index (κ2) is 5.53. The fourth-order valence-corrected chi connectivity index (χ4v) is 1.46. The molecule has 0 atom stereocenters. The van der Waals surface area contributed by atoms with Crippen LogP contribution in [-0.2, 0) is 6.42 Å². The van der Waals surface area contributed by atoms with E-state index in [4.69, 9.17) is 4.74 Å². The molecule has 0 heterocycles. The average Bonchev–Trinajstić information content (AvgIpc) is 2.21. The Kier molecular flexibility index (Phi) is 4.30. The van der Waals surface area contributed by atoms with Crippen LogP contribution in [0.1, 0.15) is 31.7 Å². The highest BCUT2D eigenvalue weighted by Crippen LogP contribution is 2.26. The Morgan fingerprint density at radius 3 is 2.71 bits per heavy atom. The van der Waals surface area contributed by atoms with E-state index >= 15 is 0 Å². The maximum atomic E-state index is 9.38. The van der Waals surface area contributed by atoms with Crippen molar-refractivity contribution in [1.82, 2.24) is 0 Å². The summed E-state index contributed by atoms with van der Waals surface area (Å²) in [4.78, 5) is 0. The summed E-state index contributed by atoms with van der Waals surface area (Å²) in [6, 6.07) is 5.55. The van der Waals surface area contributed by atoms with E-state index in [9.17, 15) is 5.11 Å². The van der Waals surface area contributed by atoms with E-state index in [0.29, 0.717) is 5.75 Å². The van der Waals surface area contributed by atoms with Crippen molar-refractivity contribution >= 4 is 0 Å². The lowest BCUT2D eigenvalue weighted by atomic mass is 10.1. The van der Waals surface area contributed by atoms with E-state index in [0.717, 1.165) is 6.42 Å². The van der Waals surface area contributed by atoms with Crippen LogP contribution < -0.4 is 4.74 Å². The number of benzene rings is 1. The molecule has 1 N–H and O–H groups in total. The molecule has 0 amide bonds. The van der Waals surface area contributed by atoms with Crippen molar-refractivity contribution in [3.05, 3.63) is 23.8 Å². The second-order valence-electron chi connectivity index (χ2n) is 3.46. The quantitative estimate of drug-likeness (QED) is 0.730. The van der Waals surface area contributed by atoms with Gasteiger partial charge in [0.2, 0.25) is 0 Å². The third-order valence-corrected chi connectivity index (χ3v) is 2.31. The number of phenolic OH excluding ortho intramolecular Hbond substituents is 1. The zero-order chi connectivity index (χ0) is 10.4. The first-order chi connectivity index (χ1) is 6.77. The molecule has 0 aliphatic heterocycles. The van der Waals surface area contributed by atoms with Gasteiger partial charge in [0.25, 0.3) is 0 Å². The Bertz CT molecular complexity index is 282. The summed E-state index contributed by atoms with van der Waals surface area (Å²) in [7, 11) is 1.57. The molecular weight excluding hydrogens is 176 g/mol. The molecule has 0 fully saturated rings. The Morgan fingerprint density at radius 1 is 1.29 bits per heavy atom. The predicted molar refractivity (Wildman–Crippen MR) is 57.9 cm³/mol. The fraction of sp³-hybridized carbons (Fsp3) is 0.500. The van der Waals surface area contributed by atoms with E-state index in [1.165, 1.54) is 24.8 Å². The molecule has 0 spiro atoms. The maximum absolute atomic E-state index is 9.38. The largest absolute Gasteiger partial charge is 0.504 e. The average molecular weight is 194 g/mol. The number of hydrogen-bond donors (Lipinski definition) is 1. The third-order valence-electron chi connectivity index (χ3n) is 2.31. The molecule has 1 rings (SSSR count). The van der Waals surface area contributed by atoms with E-state index in [-0.39, 0.29) is 5.75 Å². The van der Waals surface area contributed by atoms with Gasteiger partial charge < -0.3 is 9.84 Å². The minimum Gasteiger partial charge on any atom is -0.504 e. The molecule has 0 unspecified atom stereocenters. The number of phenols is 1. The molecule has 0 saturated carbocycles. The fourth-order valence-electron chi connectivity index (χ4n) is 1.46. The zero-order valence-corrected chi connectivity index (χ0v) is 8.92. The molecule has 0 saturated heterocycles. The standard InChI is InChI=1S/C12H18O2/c1-3-4-5-6-10-7-8-11(13)12(9-10)14-2/h7-9,13H,3-6H2,1-2H3. The molecular formula is C12H18O2. The summed E-state index contributed by atoms with van der Waals surface area (Å²) in [6.45, 7) is 2.19. The van der Waals surface area contributed by atoms with Gasteiger partial charge in [0.05, 0.1) is 7.11 Å². The number of methoxy groups -OCH3 is 1. The minimum atomic E-state index is 0.215. The first-order valence-electron chi connectivity index (χ1n) is 5.13. The number of rotatable bonds is 5. The van der Waals surface area contributed by atoms with Crippen LogP contribution in [0.5, 0.6) is 11.5 Å². The summed E-state index contributed by atoms with van der Waals surface area (Å²) in [6.07, 6.45) is 4.74. The van der Waals surface area contributed by atoms with Gasteiger partial charge in [0.15, 0.2) is 11.5 Å². The van der Waals surface area contributed by atoms with Gasteiger partial charge in [-0.25, -0.2) is 0 Å². The lowest BCUT2D eigenvalue weighted by Crippen LogP contribution is -1.88. The zero-order valence-electron chi connectivity index (χ0n) is 8.92. The van der Waals surface area contributed by atoms with Crippen molar-refractivity contribution in [2.45, 2.75) is 32.6 Å². The number of unbranched alkanes of at least 4 members (excludes halogenated alkanes) is 2. The smallest absolute Gasteiger partial charge is 0.160 e. The molecule has 1 aromatic rings. The second-order valence-corrected chi connectivity index (χ2v) is 3.46. The van der Waals surface area contributed by atoms with Gasteiger partial charge in [0.1, 0.15) is 0 Å². The molecule has 0 aliphatic rings. The van der Waals surface area contributed by atoms with Crippen LogP contribution >= 0.6 is 0 Å². The van der Waals surface area contributed by atoms with Gasteiger partial charge in [-0.15, -0.1) is 0 Å². The van der Waals surface area contributed by atoms with Crippen LogP contribution in [0.4, 0.5) is 0 Å². The van der Waals surface area contributed by atoms with Gasteiger partial charge in [-0.1, -0.05) is 25.8 Å². The highest BCUT2D eigenvalue weighted by Gasteiger charge is 2.01. The predicted octanol–water partition coefficient (Wildman–Crippen LogP) is 3.13. The summed E-state index contributed by atoms with van der Waals surface area (Å²) in [5, 5.41) is 9.38. The van der Waals surface area contributed by atoms with Gasteiger partial charge in [-0.2, -0.15) is 0 Å². The molecule has 14 heavy (non-hydrogen) atoms.